The Bertz CT molecular complexity index is 541. The molecule has 0 saturated carbocycles. The van der Waals surface area contributed by atoms with E-state index >= 15 is 0 Å². The monoisotopic (exact) mass is 216 g/mol. The van der Waals surface area contributed by atoms with Crippen LogP contribution >= 0.6 is 0 Å². The molecule has 0 atom stereocenters. The quantitative estimate of drug-likeness (QED) is 0.796. The zero-order valence-corrected chi connectivity index (χ0v) is 10.1. The minimum Gasteiger partial charge on any atom is -0.504 e. The Morgan fingerprint density at radius 2 is 1.81 bits per heavy atom. The van der Waals surface area contributed by atoms with Gasteiger partial charge in [0.05, 0.1) is 11.4 Å². The topological polar surface area (TPSA) is 38.0 Å². The van der Waals surface area contributed by atoms with E-state index in [0.29, 0.717) is 5.69 Å². The number of nitrogens with zero attached hydrogens (tertiary/aromatic N) is 2. The van der Waals surface area contributed by atoms with Gasteiger partial charge in [-0.25, -0.2) is 4.68 Å². The molecule has 0 bridgehead atoms. The fourth-order valence-electron chi connectivity index (χ4n) is 1.82. The second kappa shape index (κ2) is 3.67. The molecule has 1 aromatic carbocycles. The number of aromatic hydroxyl groups is 1. The van der Waals surface area contributed by atoms with Gasteiger partial charge in [-0.15, -0.1) is 0 Å². The third-order valence-corrected chi connectivity index (χ3v) is 2.85. The first-order chi connectivity index (χ1) is 7.50. The zero-order chi connectivity index (χ0) is 11.9. The molecule has 2 aromatic rings. The maximum atomic E-state index is 9.77. The minimum atomic E-state index is 0.279. The van der Waals surface area contributed by atoms with Gasteiger partial charge in [0, 0.05) is 0 Å². The maximum Gasteiger partial charge on any atom is 0.159 e. The van der Waals surface area contributed by atoms with Crippen molar-refractivity contribution in [1.29, 1.82) is 0 Å². The van der Waals surface area contributed by atoms with Crippen LogP contribution < -0.4 is 0 Å². The predicted octanol–water partition coefficient (Wildman–Crippen LogP) is 2.81. The van der Waals surface area contributed by atoms with Gasteiger partial charge in [0.15, 0.2) is 5.75 Å². The van der Waals surface area contributed by atoms with E-state index in [2.05, 4.69) is 30.2 Å². The summed E-state index contributed by atoms with van der Waals surface area (Å²) >= 11 is 0. The summed E-state index contributed by atoms with van der Waals surface area (Å²) in [5.74, 6) is 0.279. The molecular weight excluding hydrogens is 200 g/mol. The SMILES string of the molecule is Cc1ccc(C)c(-n2nc(C)c(O)c2C)c1. The molecule has 0 aliphatic carbocycles. The molecule has 3 nitrogen and oxygen atoms in total. The Morgan fingerprint density at radius 1 is 1.12 bits per heavy atom. The smallest absolute Gasteiger partial charge is 0.159 e. The van der Waals surface area contributed by atoms with Crippen molar-refractivity contribution in [2.24, 2.45) is 0 Å². The van der Waals surface area contributed by atoms with Crippen LogP contribution in [-0.2, 0) is 0 Å². The van der Waals surface area contributed by atoms with E-state index < -0.39 is 0 Å². The first-order valence-electron chi connectivity index (χ1n) is 5.33. The molecule has 0 fully saturated rings. The molecule has 84 valence electrons. The molecule has 1 aromatic heterocycles. The van der Waals surface area contributed by atoms with E-state index in [1.807, 2.05) is 20.8 Å². The second-order valence-corrected chi connectivity index (χ2v) is 4.22. The predicted molar refractivity (Wildman–Crippen MR) is 64.2 cm³/mol. The van der Waals surface area contributed by atoms with E-state index in [4.69, 9.17) is 0 Å². The largest absolute Gasteiger partial charge is 0.504 e. The van der Waals surface area contributed by atoms with E-state index in [-0.39, 0.29) is 5.75 Å². The van der Waals surface area contributed by atoms with Crippen LogP contribution in [0.15, 0.2) is 18.2 Å². The summed E-state index contributed by atoms with van der Waals surface area (Å²) < 4.78 is 1.80. The molecule has 0 amide bonds. The molecular formula is C13H16N2O. The first kappa shape index (κ1) is 10.7. The maximum absolute atomic E-state index is 9.77. The van der Waals surface area contributed by atoms with Gasteiger partial charge in [0.2, 0.25) is 0 Å². The fraction of sp³-hybridized carbons (Fsp3) is 0.308. The molecule has 0 spiro atoms. The van der Waals surface area contributed by atoms with Gasteiger partial charge < -0.3 is 5.11 Å². The lowest BCUT2D eigenvalue weighted by Crippen LogP contribution is -2.01. The van der Waals surface area contributed by atoms with Crippen LogP contribution in [0.3, 0.4) is 0 Å². The molecule has 0 aliphatic heterocycles. The van der Waals surface area contributed by atoms with Crippen LogP contribution in [0.4, 0.5) is 0 Å². The van der Waals surface area contributed by atoms with Crippen molar-refractivity contribution in [2.75, 3.05) is 0 Å². The van der Waals surface area contributed by atoms with Crippen LogP contribution in [0, 0.1) is 27.7 Å². The van der Waals surface area contributed by atoms with Gasteiger partial charge in [-0.3, -0.25) is 0 Å². The van der Waals surface area contributed by atoms with Gasteiger partial charge in [-0.2, -0.15) is 5.10 Å². The molecule has 2 rings (SSSR count). The number of aryl methyl sites for hydroxylation is 3. The fourth-order valence-corrected chi connectivity index (χ4v) is 1.82. The summed E-state index contributed by atoms with van der Waals surface area (Å²) in [6, 6.07) is 6.22. The van der Waals surface area contributed by atoms with Gasteiger partial charge in [0.25, 0.3) is 0 Å². The third kappa shape index (κ3) is 1.58. The average Bonchev–Trinajstić information content (AvgIpc) is 2.50. The number of hydrogen-bond donors (Lipinski definition) is 1. The van der Waals surface area contributed by atoms with Gasteiger partial charge in [0.1, 0.15) is 5.69 Å². The van der Waals surface area contributed by atoms with Gasteiger partial charge >= 0.3 is 0 Å². The van der Waals surface area contributed by atoms with Crippen LogP contribution in [-0.4, -0.2) is 14.9 Å². The summed E-state index contributed by atoms with van der Waals surface area (Å²) in [4.78, 5) is 0. The Kier molecular flexibility index (Phi) is 2.46. The lowest BCUT2D eigenvalue weighted by molar-refractivity contribution is 0.466. The number of aromatic nitrogens is 2. The Morgan fingerprint density at radius 3 is 2.38 bits per heavy atom. The molecule has 1 N–H and O–H groups in total. The zero-order valence-electron chi connectivity index (χ0n) is 10.1. The molecule has 0 unspecified atom stereocenters. The van der Waals surface area contributed by atoms with E-state index in [9.17, 15) is 5.11 Å². The summed E-state index contributed by atoms with van der Waals surface area (Å²) in [6.07, 6.45) is 0. The highest BCUT2D eigenvalue weighted by Crippen LogP contribution is 2.25. The summed E-state index contributed by atoms with van der Waals surface area (Å²) in [6.45, 7) is 7.78. The van der Waals surface area contributed by atoms with Gasteiger partial charge in [-0.05, 0) is 44.9 Å². The lowest BCUT2D eigenvalue weighted by atomic mass is 10.1. The highest BCUT2D eigenvalue weighted by molar-refractivity contribution is 5.46. The Balaban J connectivity index is 2.67. The highest BCUT2D eigenvalue weighted by Gasteiger charge is 2.12. The van der Waals surface area contributed by atoms with Crippen molar-refractivity contribution in [1.82, 2.24) is 9.78 Å². The van der Waals surface area contributed by atoms with E-state index in [1.165, 1.54) is 5.56 Å². The van der Waals surface area contributed by atoms with Gasteiger partial charge in [-0.1, -0.05) is 12.1 Å². The Hall–Kier alpha value is -1.77. The third-order valence-electron chi connectivity index (χ3n) is 2.85. The number of benzene rings is 1. The normalized spacial score (nSPS) is 10.8. The minimum absolute atomic E-state index is 0.279. The Labute approximate surface area is 95.3 Å². The van der Waals surface area contributed by atoms with E-state index in [0.717, 1.165) is 16.9 Å². The average molecular weight is 216 g/mol. The van der Waals surface area contributed by atoms with Crippen LogP contribution in [0.5, 0.6) is 5.75 Å². The number of hydrogen-bond acceptors (Lipinski definition) is 2. The second-order valence-electron chi connectivity index (χ2n) is 4.22. The summed E-state index contributed by atoms with van der Waals surface area (Å²) in [7, 11) is 0. The molecule has 0 radical (unpaired) electrons. The molecule has 3 heteroatoms. The van der Waals surface area contributed by atoms with Crippen LogP contribution in [0.25, 0.3) is 5.69 Å². The van der Waals surface area contributed by atoms with Crippen LogP contribution in [0.2, 0.25) is 0 Å². The number of rotatable bonds is 1. The van der Waals surface area contributed by atoms with Crippen molar-refractivity contribution in [3.8, 4) is 11.4 Å². The van der Waals surface area contributed by atoms with Crippen LogP contribution in [0.1, 0.15) is 22.5 Å². The first-order valence-corrected chi connectivity index (χ1v) is 5.33. The molecule has 0 aliphatic rings. The standard InChI is InChI=1S/C13H16N2O/c1-8-5-6-9(2)12(7-8)15-11(4)13(16)10(3)14-15/h5-7,16H,1-4H3. The van der Waals surface area contributed by atoms with Crippen molar-refractivity contribution in [3.63, 3.8) is 0 Å². The molecule has 1 heterocycles. The summed E-state index contributed by atoms with van der Waals surface area (Å²) in [5.41, 5.74) is 4.81. The lowest BCUT2D eigenvalue weighted by Gasteiger charge is -2.08. The molecule has 16 heavy (non-hydrogen) atoms. The van der Waals surface area contributed by atoms with Crippen molar-refractivity contribution in [3.05, 3.63) is 40.7 Å². The van der Waals surface area contributed by atoms with Crippen molar-refractivity contribution < 1.29 is 5.11 Å². The van der Waals surface area contributed by atoms with Crippen molar-refractivity contribution in [2.45, 2.75) is 27.7 Å². The van der Waals surface area contributed by atoms with E-state index in [1.54, 1.807) is 4.68 Å². The molecule has 0 saturated heterocycles. The van der Waals surface area contributed by atoms with Crippen molar-refractivity contribution >= 4 is 0 Å². The summed E-state index contributed by atoms with van der Waals surface area (Å²) in [5, 5.41) is 14.1. The highest BCUT2D eigenvalue weighted by atomic mass is 16.3.